The Morgan fingerprint density at radius 2 is 1.41 bits per heavy atom. The van der Waals surface area contributed by atoms with E-state index in [4.69, 9.17) is 14.2 Å². The predicted octanol–water partition coefficient (Wildman–Crippen LogP) is 5.41. The number of ether oxygens (including phenoxy) is 5. The van der Waals surface area contributed by atoms with Crippen LogP contribution in [0.15, 0.2) is 30.3 Å². The highest BCUT2D eigenvalue weighted by atomic mass is 19.4. The van der Waals surface area contributed by atoms with Crippen molar-refractivity contribution in [1.29, 1.82) is 0 Å². The highest BCUT2D eigenvalue weighted by Crippen LogP contribution is 2.49. The first kappa shape index (κ1) is 21.8. The molecule has 1 N–H and O–H groups in total. The summed E-state index contributed by atoms with van der Waals surface area (Å²) >= 11 is 0. The molecule has 0 fully saturated rings. The number of hydrogen-bond donors (Lipinski definition) is 1. The van der Waals surface area contributed by atoms with Crippen LogP contribution in [-0.4, -0.2) is 30.6 Å². The molecule has 178 valence electrons. The molecule has 34 heavy (non-hydrogen) atoms. The van der Waals surface area contributed by atoms with Gasteiger partial charge in [0.2, 0.25) is 6.79 Å². The number of phenolic OH excluding ortho intramolecular Hbond substituents is 1. The molecule has 0 aromatic heterocycles. The quantitative estimate of drug-likeness (QED) is 0.390. The molecule has 13 heteroatoms. The second kappa shape index (κ2) is 7.23. The van der Waals surface area contributed by atoms with Gasteiger partial charge in [-0.1, -0.05) is 6.07 Å². The van der Waals surface area contributed by atoms with Crippen LogP contribution in [0.2, 0.25) is 0 Å². The van der Waals surface area contributed by atoms with Crippen molar-refractivity contribution in [3.05, 3.63) is 41.5 Å². The Morgan fingerprint density at radius 3 is 2.06 bits per heavy atom. The van der Waals surface area contributed by atoms with E-state index in [1.165, 1.54) is 18.2 Å². The van der Waals surface area contributed by atoms with E-state index in [0.717, 1.165) is 0 Å². The van der Waals surface area contributed by atoms with E-state index >= 15 is 0 Å². The van der Waals surface area contributed by atoms with Crippen molar-refractivity contribution in [3.8, 4) is 39.9 Å². The van der Waals surface area contributed by atoms with Crippen LogP contribution in [0.1, 0.15) is 15.9 Å². The molecule has 5 rings (SSSR count). The summed E-state index contributed by atoms with van der Waals surface area (Å²) in [6, 6.07) is 5.55. The number of esters is 1. The lowest BCUT2D eigenvalue weighted by Gasteiger charge is -2.19. The fraction of sp³-hybridized carbons (Fsp3) is 0.190. The third-order valence-electron chi connectivity index (χ3n) is 5.11. The highest BCUT2D eigenvalue weighted by molar-refractivity contribution is 6.13. The first-order valence-electron chi connectivity index (χ1n) is 9.35. The van der Waals surface area contributed by atoms with Crippen molar-refractivity contribution < 1.29 is 59.9 Å². The lowest BCUT2D eigenvalue weighted by atomic mass is 9.89. The Balaban J connectivity index is 1.84. The molecule has 0 saturated carbocycles. The maximum Gasteiger partial charge on any atom is 0.573 e. The van der Waals surface area contributed by atoms with Crippen LogP contribution in [0.3, 0.4) is 0 Å². The fourth-order valence-corrected chi connectivity index (χ4v) is 3.87. The van der Waals surface area contributed by atoms with E-state index in [0.29, 0.717) is 17.9 Å². The molecule has 2 heterocycles. The largest absolute Gasteiger partial charge is 0.573 e. The van der Waals surface area contributed by atoms with Gasteiger partial charge in [0.1, 0.15) is 12.4 Å². The summed E-state index contributed by atoms with van der Waals surface area (Å²) < 4.78 is 101. The molecule has 0 amide bonds. The van der Waals surface area contributed by atoms with Crippen LogP contribution in [0.5, 0.6) is 28.7 Å². The summed E-state index contributed by atoms with van der Waals surface area (Å²) in [5, 5.41) is 10.1. The molecule has 0 saturated heterocycles. The number of carbonyl (C=O) groups excluding carboxylic acids is 1. The molecule has 0 atom stereocenters. The number of hydrogen-bond acceptors (Lipinski definition) is 7. The molecule has 3 aromatic rings. The number of alkyl halides is 6. The molecule has 0 bridgehead atoms. The zero-order valence-corrected chi connectivity index (χ0v) is 16.5. The van der Waals surface area contributed by atoms with Gasteiger partial charge in [-0.2, -0.15) is 0 Å². The molecule has 0 spiro atoms. The molecule has 2 aliphatic rings. The van der Waals surface area contributed by atoms with Crippen LogP contribution in [-0.2, 0) is 11.3 Å². The Bertz CT molecular complexity index is 1350. The minimum absolute atomic E-state index is 0.00539. The Morgan fingerprint density at radius 1 is 0.794 bits per heavy atom. The van der Waals surface area contributed by atoms with E-state index in [1.807, 2.05) is 0 Å². The number of rotatable bonds is 3. The SMILES string of the molecule is O=C1OCc2c1c(-c1ccc3c(c1)OCO3)c1cc(OC(F)(F)F)c(OC(F)(F)F)cc1c2O. The van der Waals surface area contributed by atoms with Crippen molar-refractivity contribution in [1.82, 2.24) is 0 Å². The fourth-order valence-electron chi connectivity index (χ4n) is 3.87. The van der Waals surface area contributed by atoms with Gasteiger partial charge in [-0.05, 0) is 35.2 Å². The highest BCUT2D eigenvalue weighted by Gasteiger charge is 2.38. The minimum Gasteiger partial charge on any atom is -0.507 e. The van der Waals surface area contributed by atoms with Crippen LogP contribution >= 0.6 is 0 Å². The van der Waals surface area contributed by atoms with Crippen molar-refractivity contribution in [3.63, 3.8) is 0 Å². The summed E-state index contributed by atoms with van der Waals surface area (Å²) in [7, 11) is 0. The van der Waals surface area contributed by atoms with E-state index in [1.54, 1.807) is 0 Å². The lowest BCUT2D eigenvalue weighted by molar-refractivity contribution is -0.287. The van der Waals surface area contributed by atoms with Gasteiger partial charge in [0, 0.05) is 16.5 Å². The van der Waals surface area contributed by atoms with E-state index in [9.17, 15) is 36.2 Å². The van der Waals surface area contributed by atoms with Crippen LogP contribution < -0.4 is 18.9 Å². The normalized spacial score (nSPS) is 14.8. The minimum atomic E-state index is -5.37. The molecule has 2 aliphatic heterocycles. The molecular formula is C21H10F6O7. The smallest absolute Gasteiger partial charge is 0.507 e. The summed E-state index contributed by atoms with van der Waals surface area (Å²) in [6.07, 6.45) is -10.7. The van der Waals surface area contributed by atoms with Gasteiger partial charge in [-0.25, -0.2) is 4.79 Å². The summed E-state index contributed by atoms with van der Waals surface area (Å²) in [5.74, 6) is -3.56. The standard InChI is InChI=1S/C21H10F6O7/c22-20(23,24)33-14-4-9-10(5-15(14)34-21(25,26)27)18(28)11-6-30-19(29)17(11)16(9)8-1-2-12-13(3-8)32-7-31-12/h1-5,28H,6-7H2. The summed E-state index contributed by atoms with van der Waals surface area (Å²) in [6.45, 7) is -0.485. The van der Waals surface area contributed by atoms with Crippen molar-refractivity contribution in [2.45, 2.75) is 19.3 Å². The summed E-state index contributed by atoms with van der Waals surface area (Å²) in [5.41, 5.74) is 0.0277. The van der Waals surface area contributed by atoms with Gasteiger partial charge in [0.25, 0.3) is 0 Å². The zero-order chi connectivity index (χ0) is 24.4. The van der Waals surface area contributed by atoms with Crippen molar-refractivity contribution in [2.75, 3.05) is 6.79 Å². The maximum absolute atomic E-state index is 13.0. The van der Waals surface area contributed by atoms with Crippen molar-refractivity contribution >= 4 is 16.7 Å². The molecule has 7 nitrogen and oxygen atoms in total. The Labute approximate surface area is 184 Å². The van der Waals surface area contributed by atoms with Crippen LogP contribution in [0.25, 0.3) is 21.9 Å². The van der Waals surface area contributed by atoms with Gasteiger partial charge in [0.05, 0.1) is 5.56 Å². The monoisotopic (exact) mass is 488 g/mol. The number of benzene rings is 3. The van der Waals surface area contributed by atoms with E-state index < -0.39 is 42.5 Å². The van der Waals surface area contributed by atoms with Gasteiger partial charge in [0.15, 0.2) is 23.0 Å². The first-order chi connectivity index (χ1) is 15.9. The molecule has 0 radical (unpaired) electrons. The van der Waals surface area contributed by atoms with Gasteiger partial charge in [-0.15, -0.1) is 26.3 Å². The number of cyclic esters (lactones) is 1. The van der Waals surface area contributed by atoms with Gasteiger partial charge < -0.3 is 28.8 Å². The number of aromatic hydroxyl groups is 1. The maximum atomic E-state index is 13.0. The topological polar surface area (TPSA) is 83.5 Å². The average Bonchev–Trinajstić information content (AvgIpc) is 3.34. The molecule has 0 aliphatic carbocycles. The van der Waals surface area contributed by atoms with Crippen LogP contribution in [0.4, 0.5) is 26.3 Å². The van der Waals surface area contributed by atoms with E-state index in [-0.39, 0.29) is 45.6 Å². The average molecular weight is 488 g/mol. The number of fused-ring (bicyclic) bond motifs is 3. The molecule has 0 unspecified atom stereocenters. The van der Waals surface area contributed by atoms with Crippen molar-refractivity contribution in [2.24, 2.45) is 0 Å². The number of phenols is 1. The third-order valence-corrected chi connectivity index (χ3v) is 5.11. The molecule has 3 aromatic carbocycles. The zero-order valence-electron chi connectivity index (χ0n) is 16.5. The van der Waals surface area contributed by atoms with E-state index in [2.05, 4.69) is 9.47 Å². The third kappa shape index (κ3) is 3.72. The Hall–Kier alpha value is -4.03. The number of halogens is 6. The molecular weight excluding hydrogens is 478 g/mol. The summed E-state index contributed by atoms with van der Waals surface area (Å²) in [4.78, 5) is 12.5. The van der Waals surface area contributed by atoms with Gasteiger partial charge in [-0.3, -0.25) is 0 Å². The van der Waals surface area contributed by atoms with Crippen LogP contribution in [0, 0.1) is 0 Å². The number of carbonyl (C=O) groups is 1. The second-order valence-electron chi connectivity index (χ2n) is 7.16. The second-order valence-corrected chi connectivity index (χ2v) is 7.16. The van der Waals surface area contributed by atoms with Gasteiger partial charge >= 0.3 is 18.7 Å². The predicted molar refractivity (Wildman–Crippen MR) is 99.7 cm³/mol. The lowest BCUT2D eigenvalue weighted by Crippen LogP contribution is -2.21. The Kier molecular flexibility index (Phi) is 4.64. The first-order valence-corrected chi connectivity index (χ1v) is 9.35.